The van der Waals surface area contributed by atoms with Crippen LogP contribution in [0.1, 0.15) is 22.3 Å². The number of hydrogen-bond acceptors (Lipinski definition) is 2. The SMILES string of the molecule is OCCc1ccccc1CC(O)(c1ccccc1)c1ccccc1. The Labute approximate surface area is 143 Å². The van der Waals surface area contributed by atoms with E-state index in [9.17, 15) is 10.2 Å². The van der Waals surface area contributed by atoms with E-state index in [1.807, 2.05) is 84.9 Å². The third kappa shape index (κ3) is 3.40. The van der Waals surface area contributed by atoms with Gasteiger partial charge in [-0.25, -0.2) is 0 Å². The first-order valence-electron chi connectivity index (χ1n) is 8.25. The van der Waals surface area contributed by atoms with Gasteiger partial charge < -0.3 is 10.2 Å². The molecule has 2 N–H and O–H groups in total. The molecule has 0 radical (unpaired) electrons. The number of aliphatic hydroxyl groups excluding tert-OH is 1. The molecule has 0 saturated heterocycles. The molecule has 0 aliphatic heterocycles. The molecule has 0 saturated carbocycles. The molecule has 24 heavy (non-hydrogen) atoms. The van der Waals surface area contributed by atoms with Crippen molar-refractivity contribution in [1.29, 1.82) is 0 Å². The molecule has 2 heteroatoms. The topological polar surface area (TPSA) is 40.5 Å². The van der Waals surface area contributed by atoms with Gasteiger partial charge in [0.25, 0.3) is 0 Å². The first-order chi connectivity index (χ1) is 11.7. The maximum absolute atomic E-state index is 11.6. The van der Waals surface area contributed by atoms with Gasteiger partial charge in [0.2, 0.25) is 0 Å². The van der Waals surface area contributed by atoms with Crippen LogP contribution < -0.4 is 0 Å². The molecule has 0 aliphatic carbocycles. The predicted octanol–water partition coefficient (Wildman–Crippen LogP) is 3.70. The zero-order valence-corrected chi connectivity index (χ0v) is 13.6. The molecule has 0 aromatic heterocycles. The Kier molecular flexibility index (Phi) is 5.09. The van der Waals surface area contributed by atoms with Crippen molar-refractivity contribution >= 4 is 0 Å². The minimum atomic E-state index is -1.10. The highest BCUT2D eigenvalue weighted by Crippen LogP contribution is 2.34. The summed E-state index contributed by atoms with van der Waals surface area (Å²) in [7, 11) is 0. The van der Waals surface area contributed by atoms with E-state index in [4.69, 9.17) is 0 Å². The molecule has 3 aromatic rings. The summed E-state index contributed by atoms with van der Waals surface area (Å²) < 4.78 is 0. The summed E-state index contributed by atoms with van der Waals surface area (Å²) >= 11 is 0. The first kappa shape index (κ1) is 16.4. The summed E-state index contributed by atoms with van der Waals surface area (Å²) in [5, 5.41) is 21.0. The van der Waals surface area contributed by atoms with Crippen molar-refractivity contribution < 1.29 is 10.2 Å². The van der Waals surface area contributed by atoms with Crippen LogP contribution in [0.2, 0.25) is 0 Å². The van der Waals surface area contributed by atoms with E-state index in [0.29, 0.717) is 12.8 Å². The van der Waals surface area contributed by atoms with E-state index < -0.39 is 5.60 Å². The molecule has 3 aromatic carbocycles. The average molecular weight is 318 g/mol. The molecular weight excluding hydrogens is 296 g/mol. The summed E-state index contributed by atoms with van der Waals surface area (Å²) in [6.45, 7) is 0.103. The molecule has 0 atom stereocenters. The van der Waals surface area contributed by atoms with Crippen molar-refractivity contribution in [2.24, 2.45) is 0 Å². The third-order valence-electron chi connectivity index (χ3n) is 4.45. The Balaban J connectivity index is 2.07. The van der Waals surface area contributed by atoms with E-state index in [0.717, 1.165) is 22.3 Å². The van der Waals surface area contributed by atoms with Gasteiger partial charge in [0.15, 0.2) is 0 Å². The second-order valence-electron chi connectivity index (χ2n) is 6.01. The molecule has 122 valence electrons. The van der Waals surface area contributed by atoms with Crippen LogP contribution >= 0.6 is 0 Å². The second kappa shape index (κ2) is 7.43. The minimum absolute atomic E-state index is 0.103. The van der Waals surface area contributed by atoms with Crippen LogP contribution in [-0.2, 0) is 18.4 Å². The van der Waals surface area contributed by atoms with Gasteiger partial charge >= 0.3 is 0 Å². The highest BCUT2D eigenvalue weighted by Gasteiger charge is 2.32. The highest BCUT2D eigenvalue weighted by atomic mass is 16.3. The van der Waals surface area contributed by atoms with Crippen molar-refractivity contribution in [3.63, 3.8) is 0 Å². The predicted molar refractivity (Wildman–Crippen MR) is 96.8 cm³/mol. The van der Waals surface area contributed by atoms with Crippen LogP contribution in [0.25, 0.3) is 0 Å². The lowest BCUT2D eigenvalue weighted by molar-refractivity contribution is 0.0808. The van der Waals surface area contributed by atoms with E-state index in [1.165, 1.54) is 0 Å². The molecule has 0 amide bonds. The standard InChI is InChI=1S/C22H22O2/c23-16-15-18-9-7-8-10-19(18)17-22(24,20-11-3-1-4-12-20)21-13-5-2-6-14-21/h1-14,23-24H,15-17H2. The first-order valence-corrected chi connectivity index (χ1v) is 8.25. The van der Waals surface area contributed by atoms with Crippen molar-refractivity contribution in [2.45, 2.75) is 18.4 Å². The van der Waals surface area contributed by atoms with E-state index in [1.54, 1.807) is 0 Å². The van der Waals surface area contributed by atoms with Crippen LogP contribution in [0.3, 0.4) is 0 Å². The molecule has 0 unspecified atom stereocenters. The highest BCUT2D eigenvalue weighted by molar-refractivity contribution is 5.40. The smallest absolute Gasteiger partial charge is 0.119 e. The lowest BCUT2D eigenvalue weighted by atomic mass is 9.80. The minimum Gasteiger partial charge on any atom is -0.396 e. The quantitative estimate of drug-likeness (QED) is 0.727. The van der Waals surface area contributed by atoms with Gasteiger partial charge in [0.05, 0.1) is 0 Å². The Morgan fingerprint density at radius 1 is 0.625 bits per heavy atom. The number of rotatable bonds is 6. The third-order valence-corrected chi connectivity index (χ3v) is 4.45. The fourth-order valence-corrected chi connectivity index (χ4v) is 3.17. The maximum Gasteiger partial charge on any atom is 0.119 e. The summed E-state index contributed by atoms with van der Waals surface area (Å²) in [6, 6.07) is 27.5. The molecule has 3 rings (SSSR count). The van der Waals surface area contributed by atoms with Gasteiger partial charge in [-0.05, 0) is 28.7 Å². The van der Waals surface area contributed by atoms with Crippen molar-refractivity contribution in [3.05, 3.63) is 107 Å². The van der Waals surface area contributed by atoms with Gasteiger partial charge in [-0.2, -0.15) is 0 Å². The molecule has 2 nitrogen and oxygen atoms in total. The fraction of sp³-hybridized carbons (Fsp3) is 0.182. The van der Waals surface area contributed by atoms with E-state index >= 15 is 0 Å². The van der Waals surface area contributed by atoms with Crippen molar-refractivity contribution in [1.82, 2.24) is 0 Å². The summed E-state index contributed by atoms with van der Waals surface area (Å²) in [5.41, 5.74) is 2.77. The number of benzene rings is 3. The van der Waals surface area contributed by atoms with Gasteiger partial charge in [-0.3, -0.25) is 0 Å². The Morgan fingerprint density at radius 2 is 1.08 bits per heavy atom. The normalized spacial score (nSPS) is 11.4. The van der Waals surface area contributed by atoms with Crippen LogP contribution in [0.15, 0.2) is 84.9 Å². The molecule has 0 spiro atoms. The lowest BCUT2D eigenvalue weighted by Gasteiger charge is -2.30. The molecule has 0 aliphatic rings. The van der Waals surface area contributed by atoms with Gasteiger partial charge in [0.1, 0.15) is 5.60 Å². The molecular formula is C22H22O2. The second-order valence-corrected chi connectivity index (χ2v) is 6.01. The van der Waals surface area contributed by atoms with Crippen LogP contribution in [0.5, 0.6) is 0 Å². The van der Waals surface area contributed by atoms with Gasteiger partial charge in [-0.1, -0.05) is 84.9 Å². The summed E-state index contributed by atoms with van der Waals surface area (Å²) in [5.74, 6) is 0. The van der Waals surface area contributed by atoms with E-state index in [2.05, 4.69) is 0 Å². The lowest BCUT2D eigenvalue weighted by Crippen LogP contribution is -2.30. The number of hydrogen-bond donors (Lipinski definition) is 2. The molecule has 0 heterocycles. The van der Waals surface area contributed by atoms with Crippen molar-refractivity contribution in [3.8, 4) is 0 Å². The monoisotopic (exact) mass is 318 g/mol. The van der Waals surface area contributed by atoms with Crippen molar-refractivity contribution in [2.75, 3.05) is 6.61 Å². The maximum atomic E-state index is 11.6. The van der Waals surface area contributed by atoms with E-state index in [-0.39, 0.29) is 6.61 Å². The zero-order valence-electron chi connectivity index (χ0n) is 13.6. The Morgan fingerprint density at radius 3 is 1.58 bits per heavy atom. The van der Waals surface area contributed by atoms with Crippen LogP contribution in [-0.4, -0.2) is 16.8 Å². The molecule has 0 bridgehead atoms. The number of aliphatic hydroxyl groups is 2. The Hall–Kier alpha value is -2.42. The zero-order chi connectivity index (χ0) is 16.8. The Bertz CT molecular complexity index is 727. The average Bonchev–Trinajstić information content (AvgIpc) is 2.65. The van der Waals surface area contributed by atoms with Gasteiger partial charge in [-0.15, -0.1) is 0 Å². The fourth-order valence-electron chi connectivity index (χ4n) is 3.17. The molecule has 0 fully saturated rings. The summed E-state index contributed by atoms with van der Waals surface area (Å²) in [4.78, 5) is 0. The largest absolute Gasteiger partial charge is 0.396 e. The summed E-state index contributed by atoms with van der Waals surface area (Å²) in [6.07, 6.45) is 1.06. The van der Waals surface area contributed by atoms with Crippen LogP contribution in [0, 0.1) is 0 Å². The van der Waals surface area contributed by atoms with Crippen LogP contribution in [0.4, 0.5) is 0 Å². The van der Waals surface area contributed by atoms with Gasteiger partial charge in [0, 0.05) is 13.0 Å².